The number of carbonyl (C=O) groups excluding carboxylic acids is 1. The highest BCUT2D eigenvalue weighted by molar-refractivity contribution is 7.96. The van der Waals surface area contributed by atoms with Gasteiger partial charge in [0.15, 0.2) is 11.6 Å². The fourth-order valence-electron chi connectivity index (χ4n) is 1.49. The molecule has 0 saturated heterocycles. The van der Waals surface area contributed by atoms with Crippen molar-refractivity contribution in [1.29, 1.82) is 0 Å². The number of nitrogens with one attached hydrogen (secondary N) is 1. The SMILES string of the molecule is COc1ccc(C(C)(C)CNC(=O)S)cc1F. The quantitative estimate of drug-likeness (QED) is 0.814. The van der Waals surface area contributed by atoms with E-state index in [1.165, 1.54) is 13.2 Å². The molecule has 0 heterocycles. The predicted octanol–water partition coefficient (Wildman–Crippen LogP) is 2.75. The van der Waals surface area contributed by atoms with Crippen molar-refractivity contribution in [3.05, 3.63) is 29.6 Å². The zero-order valence-corrected chi connectivity index (χ0v) is 11.0. The summed E-state index contributed by atoms with van der Waals surface area (Å²) in [7, 11) is 1.42. The predicted molar refractivity (Wildman–Crippen MR) is 68.4 cm³/mol. The third-order valence-corrected chi connectivity index (χ3v) is 2.77. The number of amides is 1. The second-order valence-corrected chi connectivity index (χ2v) is 4.80. The molecule has 0 spiro atoms. The Bertz CT molecular complexity index is 421. The van der Waals surface area contributed by atoms with Crippen LogP contribution in [0.25, 0.3) is 0 Å². The number of hydrogen-bond donors (Lipinski definition) is 2. The number of ether oxygens (including phenoxy) is 1. The second kappa shape index (κ2) is 5.40. The van der Waals surface area contributed by atoms with Gasteiger partial charge in [0.05, 0.1) is 7.11 Å². The molecule has 1 N–H and O–H groups in total. The summed E-state index contributed by atoms with van der Waals surface area (Å²) in [5, 5.41) is 2.21. The van der Waals surface area contributed by atoms with Gasteiger partial charge in [-0.15, -0.1) is 0 Å². The number of hydrogen-bond acceptors (Lipinski definition) is 2. The number of halogens is 1. The van der Waals surface area contributed by atoms with E-state index in [4.69, 9.17) is 4.74 Å². The van der Waals surface area contributed by atoms with Crippen LogP contribution in [-0.4, -0.2) is 18.9 Å². The van der Waals surface area contributed by atoms with Crippen LogP contribution >= 0.6 is 12.6 Å². The second-order valence-electron chi connectivity index (χ2n) is 4.39. The average Bonchev–Trinajstić information content (AvgIpc) is 2.26. The van der Waals surface area contributed by atoms with Crippen molar-refractivity contribution in [2.75, 3.05) is 13.7 Å². The van der Waals surface area contributed by atoms with Crippen LogP contribution in [0.1, 0.15) is 19.4 Å². The van der Waals surface area contributed by atoms with Crippen molar-refractivity contribution >= 4 is 17.9 Å². The van der Waals surface area contributed by atoms with E-state index in [1.807, 2.05) is 13.8 Å². The Balaban J connectivity index is 2.90. The maximum Gasteiger partial charge on any atom is 0.276 e. The first-order valence-electron chi connectivity index (χ1n) is 5.17. The number of benzene rings is 1. The molecule has 1 aromatic rings. The molecule has 0 aliphatic rings. The van der Waals surface area contributed by atoms with Gasteiger partial charge in [-0.25, -0.2) is 4.39 Å². The summed E-state index contributed by atoms with van der Waals surface area (Å²) >= 11 is 3.63. The van der Waals surface area contributed by atoms with E-state index in [0.717, 1.165) is 5.56 Å². The smallest absolute Gasteiger partial charge is 0.276 e. The van der Waals surface area contributed by atoms with Crippen molar-refractivity contribution in [1.82, 2.24) is 5.32 Å². The first-order chi connectivity index (χ1) is 7.86. The molecule has 0 unspecified atom stereocenters. The molecule has 17 heavy (non-hydrogen) atoms. The summed E-state index contributed by atoms with van der Waals surface area (Å²) in [6.45, 7) is 4.22. The fourth-order valence-corrected chi connectivity index (χ4v) is 1.57. The molecule has 1 aromatic carbocycles. The summed E-state index contributed by atoms with van der Waals surface area (Å²) in [4.78, 5) is 10.7. The minimum Gasteiger partial charge on any atom is -0.494 e. The third kappa shape index (κ3) is 3.63. The highest BCUT2D eigenvalue weighted by atomic mass is 32.1. The summed E-state index contributed by atoms with van der Waals surface area (Å²) in [5.74, 6) is -0.196. The molecule has 0 radical (unpaired) electrons. The third-order valence-electron chi connectivity index (χ3n) is 2.61. The van der Waals surface area contributed by atoms with Gasteiger partial charge in [0.1, 0.15) is 0 Å². The zero-order valence-electron chi connectivity index (χ0n) is 10.1. The standard InChI is InChI=1S/C12H16FNO2S/c1-12(2,7-14-11(15)17)8-4-5-10(16-3)9(13)6-8/h4-6H,7H2,1-3H3,(H2,14,15,17). The van der Waals surface area contributed by atoms with Gasteiger partial charge in [0, 0.05) is 12.0 Å². The van der Waals surface area contributed by atoms with Gasteiger partial charge in [-0.2, -0.15) is 0 Å². The molecule has 3 nitrogen and oxygen atoms in total. The maximum atomic E-state index is 13.6. The molecule has 0 aliphatic carbocycles. The molecule has 0 fully saturated rings. The van der Waals surface area contributed by atoms with Crippen molar-refractivity contribution in [2.24, 2.45) is 0 Å². The maximum absolute atomic E-state index is 13.6. The number of methoxy groups -OCH3 is 1. The molecule has 1 rings (SSSR count). The molecule has 0 atom stereocenters. The number of carbonyl (C=O) groups is 1. The van der Waals surface area contributed by atoms with Crippen LogP contribution in [0.15, 0.2) is 18.2 Å². The number of thiol groups is 1. The van der Waals surface area contributed by atoms with Crippen molar-refractivity contribution in [3.63, 3.8) is 0 Å². The highest BCUT2D eigenvalue weighted by Crippen LogP contribution is 2.27. The normalized spacial score (nSPS) is 11.1. The minimum atomic E-state index is -0.407. The van der Waals surface area contributed by atoms with Gasteiger partial charge < -0.3 is 10.1 Å². The molecule has 0 aromatic heterocycles. The molecule has 0 aliphatic heterocycles. The molecular weight excluding hydrogens is 241 g/mol. The van der Waals surface area contributed by atoms with Crippen LogP contribution in [-0.2, 0) is 5.41 Å². The summed E-state index contributed by atoms with van der Waals surface area (Å²) in [6.07, 6.45) is 0. The highest BCUT2D eigenvalue weighted by Gasteiger charge is 2.22. The van der Waals surface area contributed by atoms with Crippen LogP contribution in [0, 0.1) is 5.82 Å². The van der Waals surface area contributed by atoms with Crippen LogP contribution in [0.4, 0.5) is 9.18 Å². The van der Waals surface area contributed by atoms with Crippen LogP contribution < -0.4 is 10.1 Å². The lowest BCUT2D eigenvalue weighted by molar-refractivity contribution is 0.258. The average molecular weight is 257 g/mol. The zero-order chi connectivity index (χ0) is 13.1. The Morgan fingerprint density at radius 3 is 2.65 bits per heavy atom. The van der Waals surface area contributed by atoms with Crippen molar-refractivity contribution < 1.29 is 13.9 Å². The topological polar surface area (TPSA) is 38.3 Å². The minimum absolute atomic E-state index is 0.211. The van der Waals surface area contributed by atoms with Gasteiger partial charge in [-0.1, -0.05) is 32.5 Å². The Morgan fingerprint density at radius 1 is 1.53 bits per heavy atom. The van der Waals surface area contributed by atoms with Crippen LogP contribution in [0.2, 0.25) is 0 Å². The molecule has 0 saturated carbocycles. The summed E-state index contributed by atoms with van der Waals surface area (Å²) < 4.78 is 18.4. The van der Waals surface area contributed by atoms with E-state index >= 15 is 0 Å². The molecule has 5 heteroatoms. The fraction of sp³-hybridized carbons (Fsp3) is 0.417. The van der Waals surface area contributed by atoms with Gasteiger partial charge in [-0.3, -0.25) is 4.79 Å². The van der Waals surface area contributed by atoms with Crippen LogP contribution in [0.5, 0.6) is 5.75 Å². The summed E-state index contributed by atoms with van der Waals surface area (Å²) in [6, 6.07) is 4.78. The Hall–Kier alpha value is -1.23. The first-order valence-corrected chi connectivity index (χ1v) is 5.62. The van der Waals surface area contributed by atoms with E-state index in [0.29, 0.717) is 6.54 Å². The van der Waals surface area contributed by atoms with E-state index in [-0.39, 0.29) is 11.2 Å². The largest absolute Gasteiger partial charge is 0.494 e. The lowest BCUT2D eigenvalue weighted by Crippen LogP contribution is -2.34. The lowest BCUT2D eigenvalue weighted by Gasteiger charge is -2.25. The number of rotatable bonds is 4. The van der Waals surface area contributed by atoms with Crippen molar-refractivity contribution in [2.45, 2.75) is 19.3 Å². The van der Waals surface area contributed by atoms with Gasteiger partial charge in [0.25, 0.3) is 5.24 Å². The molecule has 1 amide bonds. The Morgan fingerprint density at radius 2 is 2.18 bits per heavy atom. The van der Waals surface area contributed by atoms with Gasteiger partial charge in [-0.05, 0) is 17.7 Å². The first kappa shape index (κ1) is 13.8. The Kier molecular flexibility index (Phi) is 4.40. The van der Waals surface area contributed by atoms with Gasteiger partial charge in [0.2, 0.25) is 0 Å². The molecule has 94 valence electrons. The van der Waals surface area contributed by atoms with E-state index in [2.05, 4.69) is 17.9 Å². The van der Waals surface area contributed by atoms with Gasteiger partial charge >= 0.3 is 0 Å². The lowest BCUT2D eigenvalue weighted by atomic mass is 9.84. The monoisotopic (exact) mass is 257 g/mol. The summed E-state index contributed by atoms with van der Waals surface area (Å²) in [5.41, 5.74) is 0.420. The van der Waals surface area contributed by atoms with E-state index in [9.17, 15) is 9.18 Å². The van der Waals surface area contributed by atoms with E-state index in [1.54, 1.807) is 12.1 Å². The molecular formula is C12H16FNO2S. The van der Waals surface area contributed by atoms with Crippen LogP contribution in [0.3, 0.4) is 0 Å². The van der Waals surface area contributed by atoms with Crippen molar-refractivity contribution in [3.8, 4) is 5.75 Å². The molecule has 0 bridgehead atoms. The van der Waals surface area contributed by atoms with E-state index < -0.39 is 11.1 Å². The Labute approximate surface area is 106 Å².